The molecular formula is C9H15ClO2. The Labute approximate surface area is 78.2 Å². The molecule has 2 atom stereocenters. The summed E-state index contributed by atoms with van der Waals surface area (Å²) < 4.78 is 5.00. The first-order valence-corrected chi connectivity index (χ1v) is 4.98. The van der Waals surface area contributed by atoms with Crippen LogP contribution in [-0.4, -0.2) is 11.5 Å². The van der Waals surface area contributed by atoms with Gasteiger partial charge in [0.2, 0.25) is 0 Å². The summed E-state index contributed by atoms with van der Waals surface area (Å²) in [5.74, 6) is 0.553. The van der Waals surface area contributed by atoms with E-state index >= 15 is 0 Å². The average molecular weight is 191 g/mol. The van der Waals surface area contributed by atoms with Crippen molar-refractivity contribution in [3.8, 4) is 0 Å². The molecule has 0 saturated heterocycles. The van der Waals surface area contributed by atoms with E-state index in [9.17, 15) is 4.79 Å². The van der Waals surface area contributed by atoms with Gasteiger partial charge < -0.3 is 4.74 Å². The summed E-state index contributed by atoms with van der Waals surface area (Å²) in [6, 6.07) is 0. The molecule has 0 N–H and O–H groups in total. The molecule has 0 amide bonds. The number of carbonyl (C=O) groups excluding carboxylic acids is 1. The first-order chi connectivity index (χ1) is 5.74. The van der Waals surface area contributed by atoms with Crippen molar-refractivity contribution in [1.29, 1.82) is 0 Å². The van der Waals surface area contributed by atoms with Crippen LogP contribution >= 0.6 is 11.6 Å². The monoisotopic (exact) mass is 190 g/mol. The predicted octanol–water partition coefficient (Wildman–Crippen LogP) is 3.33. The van der Waals surface area contributed by atoms with Crippen molar-refractivity contribution >= 4 is 17.0 Å². The van der Waals surface area contributed by atoms with Crippen molar-refractivity contribution in [1.82, 2.24) is 0 Å². The largest absolute Gasteiger partial charge is 0.450 e. The lowest BCUT2D eigenvalue weighted by Crippen LogP contribution is -2.19. The molecule has 0 spiro atoms. The average Bonchev–Trinajstić information content (AvgIpc) is 2.37. The Morgan fingerprint density at radius 3 is 2.92 bits per heavy atom. The normalized spacial score (nSPS) is 28.8. The summed E-state index contributed by atoms with van der Waals surface area (Å²) in [6.07, 6.45) is 5.73. The van der Waals surface area contributed by atoms with Crippen molar-refractivity contribution < 1.29 is 9.53 Å². The highest BCUT2D eigenvalue weighted by Crippen LogP contribution is 2.31. The third kappa shape index (κ3) is 2.67. The third-order valence-corrected chi connectivity index (χ3v) is 2.58. The fraction of sp³-hybridized carbons (Fsp3) is 0.889. The van der Waals surface area contributed by atoms with Gasteiger partial charge in [0.05, 0.1) is 0 Å². The second-order valence-corrected chi connectivity index (χ2v) is 3.68. The SMILES string of the molecule is CCCC1CCCC1OC(=O)Cl. The molecule has 12 heavy (non-hydrogen) atoms. The molecule has 0 aromatic heterocycles. The highest BCUT2D eigenvalue weighted by atomic mass is 35.5. The van der Waals surface area contributed by atoms with Gasteiger partial charge in [-0.25, -0.2) is 4.79 Å². The second kappa shape index (κ2) is 4.70. The first-order valence-electron chi connectivity index (χ1n) is 4.60. The van der Waals surface area contributed by atoms with E-state index in [-0.39, 0.29) is 6.10 Å². The molecule has 2 unspecified atom stereocenters. The molecule has 1 rings (SSSR count). The smallest absolute Gasteiger partial charge is 0.404 e. The molecule has 1 saturated carbocycles. The third-order valence-electron chi connectivity index (χ3n) is 2.49. The van der Waals surface area contributed by atoms with Crippen LogP contribution in [0, 0.1) is 5.92 Å². The van der Waals surface area contributed by atoms with Crippen molar-refractivity contribution in [3.05, 3.63) is 0 Å². The van der Waals surface area contributed by atoms with Gasteiger partial charge in [0.25, 0.3) is 0 Å². The molecule has 3 heteroatoms. The molecular weight excluding hydrogens is 176 g/mol. The zero-order valence-electron chi connectivity index (χ0n) is 7.38. The maximum absolute atomic E-state index is 10.5. The molecule has 0 aromatic carbocycles. The van der Waals surface area contributed by atoms with Crippen LogP contribution in [0.15, 0.2) is 0 Å². The summed E-state index contributed by atoms with van der Waals surface area (Å²) >= 11 is 5.16. The van der Waals surface area contributed by atoms with E-state index in [4.69, 9.17) is 16.3 Å². The van der Waals surface area contributed by atoms with Crippen molar-refractivity contribution in [2.45, 2.75) is 45.1 Å². The zero-order chi connectivity index (χ0) is 8.97. The van der Waals surface area contributed by atoms with E-state index in [1.807, 2.05) is 0 Å². The number of rotatable bonds is 3. The van der Waals surface area contributed by atoms with Crippen LogP contribution in [0.3, 0.4) is 0 Å². The van der Waals surface area contributed by atoms with Gasteiger partial charge in [-0.3, -0.25) is 0 Å². The van der Waals surface area contributed by atoms with Gasteiger partial charge in [-0.2, -0.15) is 0 Å². The molecule has 0 aliphatic heterocycles. The van der Waals surface area contributed by atoms with E-state index < -0.39 is 5.43 Å². The Morgan fingerprint density at radius 1 is 1.58 bits per heavy atom. The fourth-order valence-corrected chi connectivity index (χ4v) is 2.09. The van der Waals surface area contributed by atoms with Crippen LogP contribution < -0.4 is 0 Å². The molecule has 70 valence electrons. The number of carbonyl (C=O) groups is 1. The van der Waals surface area contributed by atoms with Crippen molar-refractivity contribution in [3.63, 3.8) is 0 Å². The molecule has 1 aliphatic rings. The number of hydrogen-bond acceptors (Lipinski definition) is 2. The minimum absolute atomic E-state index is 0.0925. The number of halogens is 1. The van der Waals surface area contributed by atoms with Crippen LogP contribution in [0.25, 0.3) is 0 Å². The summed E-state index contributed by atoms with van der Waals surface area (Å²) in [7, 11) is 0. The van der Waals surface area contributed by atoms with Gasteiger partial charge in [0.15, 0.2) is 0 Å². The summed E-state index contributed by atoms with van der Waals surface area (Å²) in [6.45, 7) is 2.15. The van der Waals surface area contributed by atoms with Gasteiger partial charge in [0.1, 0.15) is 6.10 Å². The highest BCUT2D eigenvalue weighted by Gasteiger charge is 2.28. The molecule has 0 aromatic rings. The van der Waals surface area contributed by atoms with Crippen LogP contribution in [0.2, 0.25) is 0 Å². The summed E-state index contributed by atoms with van der Waals surface area (Å²) in [4.78, 5) is 10.5. The van der Waals surface area contributed by atoms with E-state index in [0.29, 0.717) is 5.92 Å². The van der Waals surface area contributed by atoms with Gasteiger partial charge >= 0.3 is 5.43 Å². The first kappa shape index (κ1) is 9.85. The lowest BCUT2D eigenvalue weighted by atomic mass is 10.0. The molecule has 2 nitrogen and oxygen atoms in total. The second-order valence-electron chi connectivity index (χ2n) is 3.37. The van der Waals surface area contributed by atoms with Gasteiger partial charge in [-0.1, -0.05) is 13.3 Å². The van der Waals surface area contributed by atoms with Gasteiger partial charge in [-0.15, -0.1) is 0 Å². The Bertz CT molecular complexity index is 159. The fourth-order valence-electron chi connectivity index (χ4n) is 1.98. The van der Waals surface area contributed by atoms with Crippen LogP contribution in [-0.2, 0) is 4.74 Å². The van der Waals surface area contributed by atoms with E-state index in [2.05, 4.69) is 6.92 Å². The molecule has 0 heterocycles. The van der Waals surface area contributed by atoms with E-state index in [0.717, 1.165) is 19.3 Å². The molecule has 0 bridgehead atoms. The Balaban J connectivity index is 2.35. The zero-order valence-corrected chi connectivity index (χ0v) is 8.14. The molecule has 1 fully saturated rings. The number of ether oxygens (including phenoxy) is 1. The molecule has 0 radical (unpaired) electrons. The van der Waals surface area contributed by atoms with Gasteiger partial charge in [0, 0.05) is 11.6 Å². The van der Waals surface area contributed by atoms with E-state index in [1.54, 1.807) is 0 Å². The quantitative estimate of drug-likeness (QED) is 0.639. The van der Waals surface area contributed by atoms with Gasteiger partial charge in [-0.05, 0) is 31.6 Å². The standard InChI is InChI=1S/C9H15ClO2/c1-2-4-7-5-3-6-8(7)12-9(10)11/h7-8H,2-6H2,1H3. The van der Waals surface area contributed by atoms with E-state index in [1.165, 1.54) is 12.8 Å². The van der Waals surface area contributed by atoms with Crippen molar-refractivity contribution in [2.75, 3.05) is 0 Å². The van der Waals surface area contributed by atoms with Crippen LogP contribution in [0.1, 0.15) is 39.0 Å². The summed E-state index contributed by atoms with van der Waals surface area (Å²) in [5.41, 5.74) is -0.650. The maximum atomic E-state index is 10.5. The van der Waals surface area contributed by atoms with Crippen LogP contribution in [0.5, 0.6) is 0 Å². The van der Waals surface area contributed by atoms with Crippen molar-refractivity contribution in [2.24, 2.45) is 5.92 Å². The Hall–Kier alpha value is -0.240. The minimum atomic E-state index is -0.650. The molecule has 1 aliphatic carbocycles. The predicted molar refractivity (Wildman–Crippen MR) is 48.4 cm³/mol. The van der Waals surface area contributed by atoms with Crippen LogP contribution in [0.4, 0.5) is 4.79 Å². The Kier molecular flexibility index (Phi) is 3.86. The summed E-state index contributed by atoms with van der Waals surface area (Å²) in [5, 5.41) is 0. The number of hydrogen-bond donors (Lipinski definition) is 0. The maximum Gasteiger partial charge on any atom is 0.404 e. The lowest BCUT2D eigenvalue weighted by Gasteiger charge is -2.17. The Morgan fingerprint density at radius 2 is 2.33 bits per heavy atom. The lowest BCUT2D eigenvalue weighted by molar-refractivity contribution is 0.0931. The highest BCUT2D eigenvalue weighted by molar-refractivity contribution is 6.61. The minimum Gasteiger partial charge on any atom is -0.450 e. The topological polar surface area (TPSA) is 26.3 Å².